The number of nitrogens with zero attached hydrogens (tertiary/aromatic N) is 1. The number of nitrogens with two attached hydrogens (primary N) is 1. The molecule has 1 aliphatic rings. The van der Waals surface area contributed by atoms with Crippen molar-refractivity contribution in [1.29, 1.82) is 0 Å². The third-order valence-electron chi connectivity index (χ3n) is 3.44. The van der Waals surface area contributed by atoms with E-state index in [0.29, 0.717) is 10.6 Å². The zero-order valence-electron chi connectivity index (χ0n) is 12.5. The first-order valence-corrected chi connectivity index (χ1v) is 7.91. The van der Waals surface area contributed by atoms with Crippen molar-refractivity contribution in [1.82, 2.24) is 15.6 Å². The molecule has 2 aromatic heterocycles. The van der Waals surface area contributed by atoms with Crippen molar-refractivity contribution >= 4 is 33.1 Å². The van der Waals surface area contributed by atoms with Crippen LogP contribution in [-0.2, 0) is 13.0 Å². The van der Waals surface area contributed by atoms with Crippen molar-refractivity contribution in [2.75, 3.05) is 12.3 Å². The van der Waals surface area contributed by atoms with E-state index in [4.69, 9.17) is 10.7 Å². The SMILES string of the molecule is CC(C)(C)NC(=O)c1sc2nc3c(cc2c1N)CNCC3. The maximum Gasteiger partial charge on any atom is 0.263 e. The third kappa shape index (κ3) is 2.73. The van der Waals surface area contributed by atoms with E-state index in [1.165, 1.54) is 16.9 Å². The fourth-order valence-corrected chi connectivity index (χ4v) is 3.48. The summed E-state index contributed by atoms with van der Waals surface area (Å²) in [4.78, 5) is 18.5. The summed E-state index contributed by atoms with van der Waals surface area (Å²) in [5.41, 5.74) is 8.74. The Morgan fingerprint density at radius 2 is 2.24 bits per heavy atom. The molecule has 3 heterocycles. The van der Waals surface area contributed by atoms with Crippen LogP contribution in [0.1, 0.15) is 41.7 Å². The zero-order chi connectivity index (χ0) is 15.2. The van der Waals surface area contributed by atoms with Gasteiger partial charge in [-0.05, 0) is 32.4 Å². The van der Waals surface area contributed by atoms with E-state index in [2.05, 4.69) is 16.7 Å². The molecule has 112 valence electrons. The van der Waals surface area contributed by atoms with Gasteiger partial charge in [-0.2, -0.15) is 0 Å². The molecule has 5 nitrogen and oxygen atoms in total. The van der Waals surface area contributed by atoms with Gasteiger partial charge < -0.3 is 16.4 Å². The first kappa shape index (κ1) is 14.3. The number of carbonyl (C=O) groups excluding carboxylic acids is 1. The van der Waals surface area contributed by atoms with Gasteiger partial charge in [-0.3, -0.25) is 4.79 Å². The third-order valence-corrected chi connectivity index (χ3v) is 4.55. The van der Waals surface area contributed by atoms with Gasteiger partial charge in [0.2, 0.25) is 0 Å². The van der Waals surface area contributed by atoms with Gasteiger partial charge in [0.1, 0.15) is 9.71 Å². The van der Waals surface area contributed by atoms with Gasteiger partial charge in [-0.1, -0.05) is 0 Å². The van der Waals surface area contributed by atoms with Crippen LogP contribution >= 0.6 is 11.3 Å². The van der Waals surface area contributed by atoms with E-state index < -0.39 is 0 Å². The largest absolute Gasteiger partial charge is 0.397 e. The summed E-state index contributed by atoms with van der Waals surface area (Å²) in [5, 5.41) is 7.18. The van der Waals surface area contributed by atoms with Gasteiger partial charge >= 0.3 is 0 Å². The Bertz CT molecular complexity index is 715. The van der Waals surface area contributed by atoms with Crippen LogP contribution in [0.2, 0.25) is 0 Å². The van der Waals surface area contributed by atoms with Crippen molar-refractivity contribution in [3.63, 3.8) is 0 Å². The van der Waals surface area contributed by atoms with E-state index in [1.807, 2.05) is 20.8 Å². The molecule has 0 spiro atoms. The maximum absolute atomic E-state index is 12.4. The standard InChI is InChI=1S/C15H20N4OS/c1-15(2,3)19-13(20)12-11(16)9-6-8-7-17-5-4-10(8)18-14(9)21-12/h6,17H,4-5,7,16H2,1-3H3,(H,19,20). The van der Waals surface area contributed by atoms with Gasteiger partial charge in [0.05, 0.1) is 5.69 Å². The number of nitrogen functional groups attached to an aromatic ring is 1. The predicted octanol–water partition coefficient (Wildman–Crippen LogP) is 2.05. The second kappa shape index (κ2) is 4.96. The molecule has 0 radical (unpaired) electrons. The molecule has 0 saturated heterocycles. The lowest BCUT2D eigenvalue weighted by atomic mass is 10.1. The number of fused-ring (bicyclic) bond motifs is 2. The molecule has 0 unspecified atom stereocenters. The smallest absolute Gasteiger partial charge is 0.263 e. The summed E-state index contributed by atoms with van der Waals surface area (Å²) < 4.78 is 0. The Morgan fingerprint density at radius 3 is 2.95 bits per heavy atom. The highest BCUT2D eigenvalue weighted by molar-refractivity contribution is 7.21. The molecule has 0 fully saturated rings. The molecule has 0 saturated carbocycles. The monoisotopic (exact) mass is 304 g/mol. The fourth-order valence-electron chi connectivity index (χ4n) is 2.48. The van der Waals surface area contributed by atoms with Crippen LogP contribution in [0.25, 0.3) is 10.2 Å². The van der Waals surface area contributed by atoms with Crippen molar-refractivity contribution in [3.8, 4) is 0 Å². The van der Waals surface area contributed by atoms with E-state index >= 15 is 0 Å². The first-order valence-electron chi connectivity index (χ1n) is 7.09. The van der Waals surface area contributed by atoms with E-state index in [0.717, 1.165) is 35.4 Å². The van der Waals surface area contributed by atoms with Crippen molar-refractivity contribution < 1.29 is 4.79 Å². The zero-order valence-corrected chi connectivity index (χ0v) is 13.4. The molecule has 21 heavy (non-hydrogen) atoms. The van der Waals surface area contributed by atoms with E-state index in [1.54, 1.807) is 0 Å². The van der Waals surface area contributed by atoms with Gasteiger partial charge in [-0.25, -0.2) is 4.98 Å². The molecule has 1 amide bonds. The van der Waals surface area contributed by atoms with Crippen molar-refractivity contribution in [2.24, 2.45) is 0 Å². The average molecular weight is 304 g/mol. The van der Waals surface area contributed by atoms with Crippen LogP contribution in [0.5, 0.6) is 0 Å². The summed E-state index contributed by atoms with van der Waals surface area (Å²) in [5.74, 6) is -0.126. The number of hydrogen-bond acceptors (Lipinski definition) is 5. The van der Waals surface area contributed by atoms with Crippen molar-refractivity contribution in [3.05, 3.63) is 22.2 Å². The molecule has 0 aromatic carbocycles. The van der Waals surface area contributed by atoms with Gasteiger partial charge in [-0.15, -0.1) is 11.3 Å². The van der Waals surface area contributed by atoms with Gasteiger partial charge in [0.25, 0.3) is 5.91 Å². The number of aromatic nitrogens is 1. The molecule has 4 N–H and O–H groups in total. The van der Waals surface area contributed by atoms with Crippen LogP contribution in [0.3, 0.4) is 0 Å². The van der Waals surface area contributed by atoms with Crippen molar-refractivity contribution in [2.45, 2.75) is 39.3 Å². The first-order chi connectivity index (χ1) is 9.85. The van der Waals surface area contributed by atoms with Crippen LogP contribution in [0.15, 0.2) is 6.07 Å². The van der Waals surface area contributed by atoms with E-state index in [9.17, 15) is 4.79 Å². The summed E-state index contributed by atoms with van der Waals surface area (Å²) in [7, 11) is 0. The lowest BCUT2D eigenvalue weighted by Gasteiger charge is -2.20. The number of rotatable bonds is 1. The van der Waals surface area contributed by atoms with Gasteiger partial charge in [0.15, 0.2) is 0 Å². The van der Waals surface area contributed by atoms with Gasteiger partial charge in [0, 0.05) is 36.1 Å². The molecular weight excluding hydrogens is 284 g/mol. The number of hydrogen-bond donors (Lipinski definition) is 3. The minimum atomic E-state index is -0.281. The normalized spacial score (nSPS) is 15.0. The van der Waals surface area contributed by atoms with Crippen LogP contribution in [-0.4, -0.2) is 23.0 Å². The fraction of sp³-hybridized carbons (Fsp3) is 0.467. The minimum absolute atomic E-state index is 0.126. The lowest BCUT2D eigenvalue weighted by molar-refractivity contribution is 0.0924. The summed E-state index contributed by atoms with van der Waals surface area (Å²) in [6.45, 7) is 7.63. The Balaban J connectivity index is 2.05. The summed E-state index contributed by atoms with van der Waals surface area (Å²) in [6, 6.07) is 2.07. The average Bonchev–Trinajstić information content (AvgIpc) is 2.71. The maximum atomic E-state index is 12.4. The molecule has 2 aromatic rings. The Labute approximate surface area is 127 Å². The highest BCUT2D eigenvalue weighted by atomic mass is 32.1. The Kier molecular flexibility index (Phi) is 3.37. The Hall–Kier alpha value is -1.66. The predicted molar refractivity (Wildman–Crippen MR) is 86.7 cm³/mol. The summed E-state index contributed by atoms with van der Waals surface area (Å²) in [6.07, 6.45) is 0.923. The molecular formula is C15H20N4OS. The van der Waals surface area contributed by atoms with Crippen LogP contribution in [0, 0.1) is 0 Å². The highest BCUT2D eigenvalue weighted by Gasteiger charge is 2.22. The van der Waals surface area contributed by atoms with Crippen LogP contribution < -0.4 is 16.4 Å². The molecule has 0 bridgehead atoms. The summed E-state index contributed by atoms with van der Waals surface area (Å²) >= 11 is 1.38. The number of carbonyl (C=O) groups is 1. The minimum Gasteiger partial charge on any atom is -0.397 e. The molecule has 6 heteroatoms. The second-order valence-electron chi connectivity index (χ2n) is 6.42. The molecule has 1 aliphatic heterocycles. The molecule has 0 atom stereocenters. The molecule has 3 rings (SSSR count). The topological polar surface area (TPSA) is 80.0 Å². The number of anilines is 1. The lowest BCUT2D eigenvalue weighted by Crippen LogP contribution is -2.40. The quantitative estimate of drug-likeness (QED) is 0.753. The Morgan fingerprint density at radius 1 is 1.48 bits per heavy atom. The van der Waals surface area contributed by atoms with E-state index in [-0.39, 0.29) is 11.4 Å². The number of nitrogens with one attached hydrogen (secondary N) is 2. The number of thiophene rings is 1. The van der Waals surface area contributed by atoms with Crippen LogP contribution in [0.4, 0.5) is 5.69 Å². The molecule has 0 aliphatic carbocycles. The number of pyridine rings is 1. The second-order valence-corrected chi connectivity index (χ2v) is 7.42. The highest BCUT2D eigenvalue weighted by Crippen LogP contribution is 2.34. The number of amides is 1.